The molecule has 0 saturated heterocycles. The summed E-state index contributed by atoms with van der Waals surface area (Å²) >= 11 is 0. The second kappa shape index (κ2) is 14.5. The molecule has 1 unspecified atom stereocenters. The molecule has 1 rings (SSSR count). The lowest BCUT2D eigenvalue weighted by Gasteiger charge is -2.17. The van der Waals surface area contributed by atoms with Crippen molar-refractivity contribution in [3.63, 3.8) is 0 Å². The van der Waals surface area contributed by atoms with Gasteiger partial charge in [-0.25, -0.2) is 0 Å². The Morgan fingerprint density at radius 3 is 2.26 bits per heavy atom. The Balaban J connectivity index is 2.03. The third-order valence-corrected chi connectivity index (χ3v) is 3.39. The smallest absolute Gasteiger partial charge is 0.119 e. The van der Waals surface area contributed by atoms with Crippen LogP contribution in [0.25, 0.3) is 0 Å². The average Bonchev–Trinajstić information content (AvgIpc) is 2.58. The largest absolute Gasteiger partial charge is 0.491 e. The van der Waals surface area contributed by atoms with Gasteiger partial charge in [0, 0.05) is 13.2 Å². The second-order valence-corrected chi connectivity index (χ2v) is 5.45. The number of hydrogen-bond acceptors (Lipinski definition) is 4. The van der Waals surface area contributed by atoms with Crippen LogP contribution in [0.15, 0.2) is 30.3 Å². The van der Waals surface area contributed by atoms with Gasteiger partial charge in [0.15, 0.2) is 0 Å². The van der Waals surface area contributed by atoms with Crippen LogP contribution in [-0.2, 0) is 14.2 Å². The molecule has 132 valence electrons. The van der Waals surface area contributed by atoms with Gasteiger partial charge in [0.1, 0.15) is 18.5 Å². The second-order valence-electron chi connectivity index (χ2n) is 5.45. The van der Waals surface area contributed by atoms with E-state index < -0.39 is 0 Å². The van der Waals surface area contributed by atoms with E-state index in [-0.39, 0.29) is 6.10 Å². The molecule has 0 amide bonds. The van der Waals surface area contributed by atoms with Crippen molar-refractivity contribution in [1.82, 2.24) is 0 Å². The number of rotatable bonds is 15. The Bertz CT molecular complexity index is 356. The lowest BCUT2D eigenvalue weighted by atomic mass is 10.2. The SMILES string of the molecule is CCCCCCOCC(COCCOc1ccccc1)OCC. The minimum atomic E-state index is 0.00269. The first-order valence-electron chi connectivity index (χ1n) is 8.81. The fourth-order valence-corrected chi connectivity index (χ4v) is 2.18. The Hall–Kier alpha value is -1.10. The molecule has 1 aromatic rings. The highest BCUT2D eigenvalue weighted by molar-refractivity contribution is 5.20. The zero-order valence-electron chi connectivity index (χ0n) is 14.7. The van der Waals surface area contributed by atoms with E-state index >= 15 is 0 Å². The van der Waals surface area contributed by atoms with Gasteiger partial charge in [0.2, 0.25) is 0 Å². The average molecular weight is 324 g/mol. The number of ether oxygens (including phenoxy) is 4. The molecule has 4 nitrogen and oxygen atoms in total. The summed E-state index contributed by atoms with van der Waals surface area (Å²) in [5.74, 6) is 0.868. The van der Waals surface area contributed by atoms with Crippen molar-refractivity contribution in [1.29, 1.82) is 0 Å². The van der Waals surface area contributed by atoms with Crippen molar-refractivity contribution in [3.8, 4) is 5.75 Å². The van der Waals surface area contributed by atoms with Crippen LogP contribution in [0.2, 0.25) is 0 Å². The Labute approximate surface area is 141 Å². The summed E-state index contributed by atoms with van der Waals surface area (Å²) in [4.78, 5) is 0. The number of hydrogen-bond donors (Lipinski definition) is 0. The van der Waals surface area contributed by atoms with Gasteiger partial charge < -0.3 is 18.9 Å². The highest BCUT2D eigenvalue weighted by atomic mass is 16.6. The van der Waals surface area contributed by atoms with Gasteiger partial charge in [-0.15, -0.1) is 0 Å². The van der Waals surface area contributed by atoms with Crippen LogP contribution in [0, 0.1) is 0 Å². The van der Waals surface area contributed by atoms with Gasteiger partial charge >= 0.3 is 0 Å². The first-order valence-corrected chi connectivity index (χ1v) is 8.81. The Morgan fingerprint density at radius 1 is 0.826 bits per heavy atom. The molecule has 0 spiro atoms. The molecule has 0 aliphatic rings. The molecular formula is C19H32O4. The molecule has 0 aliphatic carbocycles. The molecular weight excluding hydrogens is 292 g/mol. The van der Waals surface area contributed by atoms with E-state index in [9.17, 15) is 0 Å². The van der Waals surface area contributed by atoms with Crippen molar-refractivity contribution in [2.45, 2.75) is 45.6 Å². The van der Waals surface area contributed by atoms with Gasteiger partial charge in [-0.05, 0) is 25.5 Å². The van der Waals surface area contributed by atoms with Gasteiger partial charge in [-0.2, -0.15) is 0 Å². The molecule has 4 heteroatoms. The van der Waals surface area contributed by atoms with Crippen LogP contribution in [0.5, 0.6) is 5.75 Å². The molecule has 0 saturated carbocycles. The quantitative estimate of drug-likeness (QED) is 0.456. The molecule has 1 atom stereocenters. The summed E-state index contributed by atoms with van der Waals surface area (Å²) in [7, 11) is 0. The van der Waals surface area contributed by atoms with E-state index in [1.165, 1.54) is 19.3 Å². The fourth-order valence-electron chi connectivity index (χ4n) is 2.18. The first-order chi connectivity index (χ1) is 11.4. The van der Waals surface area contributed by atoms with E-state index in [4.69, 9.17) is 18.9 Å². The van der Waals surface area contributed by atoms with Crippen LogP contribution in [0.3, 0.4) is 0 Å². The first kappa shape index (κ1) is 19.9. The maximum absolute atomic E-state index is 5.69. The van der Waals surface area contributed by atoms with E-state index in [2.05, 4.69) is 6.92 Å². The van der Waals surface area contributed by atoms with Crippen molar-refractivity contribution in [2.24, 2.45) is 0 Å². The van der Waals surface area contributed by atoms with E-state index in [1.54, 1.807) is 0 Å². The maximum atomic E-state index is 5.69. The van der Waals surface area contributed by atoms with Gasteiger partial charge in [-0.3, -0.25) is 0 Å². The molecule has 0 fully saturated rings. The van der Waals surface area contributed by atoms with Crippen LogP contribution < -0.4 is 4.74 Å². The number of unbranched alkanes of at least 4 members (excludes halogenated alkanes) is 3. The Kier molecular flexibility index (Phi) is 12.6. The molecule has 0 radical (unpaired) electrons. The molecule has 0 heterocycles. The summed E-state index contributed by atoms with van der Waals surface area (Å²) in [6.45, 7) is 7.92. The van der Waals surface area contributed by atoms with Crippen LogP contribution in [0.4, 0.5) is 0 Å². The minimum Gasteiger partial charge on any atom is -0.491 e. The van der Waals surface area contributed by atoms with Gasteiger partial charge in [-0.1, -0.05) is 44.4 Å². The maximum Gasteiger partial charge on any atom is 0.119 e. The van der Waals surface area contributed by atoms with Crippen LogP contribution >= 0.6 is 0 Å². The number of benzene rings is 1. The van der Waals surface area contributed by atoms with Gasteiger partial charge in [0.05, 0.1) is 19.8 Å². The monoisotopic (exact) mass is 324 g/mol. The van der Waals surface area contributed by atoms with Gasteiger partial charge in [0.25, 0.3) is 0 Å². The summed E-state index contributed by atoms with van der Waals surface area (Å²) in [6, 6.07) is 9.77. The fraction of sp³-hybridized carbons (Fsp3) is 0.684. The zero-order chi connectivity index (χ0) is 16.6. The molecule has 1 aromatic carbocycles. The van der Waals surface area contributed by atoms with Crippen molar-refractivity contribution in [2.75, 3.05) is 39.6 Å². The molecule has 23 heavy (non-hydrogen) atoms. The van der Waals surface area contributed by atoms with Crippen molar-refractivity contribution in [3.05, 3.63) is 30.3 Å². The van der Waals surface area contributed by atoms with Crippen molar-refractivity contribution < 1.29 is 18.9 Å². The standard InChI is InChI=1S/C19H32O4/c1-3-5-6-10-13-20-16-19(22-4-2)17-21-14-15-23-18-11-8-7-9-12-18/h7-9,11-12,19H,3-6,10,13-17H2,1-2H3. The molecule has 0 N–H and O–H groups in total. The topological polar surface area (TPSA) is 36.9 Å². The third kappa shape index (κ3) is 11.1. The van der Waals surface area contributed by atoms with Crippen molar-refractivity contribution >= 4 is 0 Å². The van der Waals surface area contributed by atoms with E-state index in [0.717, 1.165) is 18.8 Å². The summed E-state index contributed by atoms with van der Waals surface area (Å²) < 4.78 is 22.6. The summed E-state index contributed by atoms with van der Waals surface area (Å²) in [5, 5.41) is 0. The predicted octanol–water partition coefficient (Wildman–Crippen LogP) is 4.08. The summed E-state index contributed by atoms with van der Waals surface area (Å²) in [6.07, 6.45) is 4.90. The zero-order valence-corrected chi connectivity index (χ0v) is 14.7. The number of para-hydroxylation sites is 1. The minimum absolute atomic E-state index is 0.00269. The normalized spacial score (nSPS) is 12.3. The highest BCUT2D eigenvalue weighted by Gasteiger charge is 2.09. The predicted molar refractivity (Wildman–Crippen MR) is 93.1 cm³/mol. The third-order valence-electron chi connectivity index (χ3n) is 3.39. The lowest BCUT2D eigenvalue weighted by molar-refractivity contribution is -0.0595. The lowest BCUT2D eigenvalue weighted by Crippen LogP contribution is -2.27. The summed E-state index contributed by atoms with van der Waals surface area (Å²) in [5.41, 5.74) is 0. The van der Waals surface area contributed by atoms with E-state index in [1.807, 2.05) is 37.3 Å². The van der Waals surface area contributed by atoms with Crippen LogP contribution in [-0.4, -0.2) is 45.7 Å². The molecule has 0 bridgehead atoms. The highest BCUT2D eigenvalue weighted by Crippen LogP contribution is 2.07. The van der Waals surface area contributed by atoms with Crippen LogP contribution in [0.1, 0.15) is 39.5 Å². The van der Waals surface area contributed by atoms with E-state index in [0.29, 0.717) is 33.0 Å². The molecule has 0 aliphatic heterocycles. The molecule has 0 aromatic heterocycles. The Morgan fingerprint density at radius 2 is 1.57 bits per heavy atom.